The first kappa shape index (κ1) is 15.5. The maximum absolute atomic E-state index is 11.2. The number of carbonyl (C=O) groups excluding carboxylic acids is 1. The van der Waals surface area contributed by atoms with Crippen molar-refractivity contribution in [1.82, 2.24) is 0 Å². The number of rotatable bonds is 3. The molecule has 0 saturated heterocycles. The number of benzene rings is 3. The summed E-state index contributed by atoms with van der Waals surface area (Å²) in [4.78, 5) is 11.2. The van der Waals surface area contributed by atoms with Crippen molar-refractivity contribution in [3.63, 3.8) is 0 Å². The van der Waals surface area contributed by atoms with Crippen molar-refractivity contribution in [3.8, 4) is 11.5 Å². The lowest BCUT2D eigenvalue weighted by molar-refractivity contribution is -0.131. The molecule has 1 aliphatic heterocycles. The highest BCUT2D eigenvalue weighted by Crippen LogP contribution is 2.46. The van der Waals surface area contributed by atoms with Crippen LogP contribution in [0.1, 0.15) is 23.6 Å². The van der Waals surface area contributed by atoms with Gasteiger partial charge < -0.3 is 9.47 Å². The molecule has 3 nitrogen and oxygen atoms in total. The first-order valence-corrected chi connectivity index (χ1v) is 8.29. The average molecular weight is 330 g/mol. The van der Waals surface area contributed by atoms with Crippen LogP contribution in [0.2, 0.25) is 0 Å². The monoisotopic (exact) mass is 330 g/mol. The highest BCUT2D eigenvalue weighted by atomic mass is 16.5. The Morgan fingerprint density at radius 1 is 0.920 bits per heavy atom. The van der Waals surface area contributed by atoms with Gasteiger partial charge in [-0.2, -0.15) is 0 Å². The van der Waals surface area contributed by atoms with E-state index in [2.05, 4.69) is 24.3 Å². The highest BCUT2D eigenvalue weighted by molar-refractivity contribution is 5.69. The Labute approximate surface area is 146 Å². The van der Waals surface area contributed by atoms with Crippen molar-refractivity contribution in [2.75, 3.05) is 0 Å². The smallest absolute Gasteiger partial charge is 0.308 e. The molecule has 0 N–H and O–H groups in total. The number of fused-ring (bicyclic) bond motifs is 1. The van der Waals surface area contributed by atoms with Crippen molar-refractivity contribution in [3.05, 3.63) is 95.6 Å². The molecule has 4 rings (SSSR count). The van der Waals surface area contributed by atoms with Crippen LogP contribution in [0.15, 0.2) is 78.9 Å². The summed E-state index contributed by atoms with van der Waals surface area (Å²) in [6, 6.07) is 26.0. The summed E-state index contributed by atoms with van der Waals surface area (Å²) in [5.74, 6) is 1.05. The normalized spacial score (nSPS) is 14.4. The molecule has 0 fully saturated rings. The van der Waals surface area contributed by atoms with Crippen molar-refractivity contribution in [2.45, 2.75) is 18.9 Å². The van der Waals surface area contributed by atoms with Crippen LogP contribution >= 0.6 is 0 Å². The van der Waals surface area contributed by atoms with Gasteiger partial charge in [0.2, 0.25) is 0 Å². The zero-order valence-electron chi connectivity index (χ0n) is 13.9. The first-order chi connectivity index (χ1) is 12.2. The number of esters is 1. The van der Waals surface area contributed by atoms with E-state index in [9.17, 15) is 4.79 Å². The molecule has 124 valence electrons. The third-order valence-electron chi connectivity index (χ3n) is 4.50. The first-order valence-electron chi connectivity index (χ1n) is 8.29. The van der Waals surface area contributed by atoms with Gasteiger partial charge in [0, 0.05) is 30.0 Å². The van der Waals surface area contributed by atoms with E-state index in [0.717, 1.165) is 22.4 Å². The third-order valence-corrected chi connectivity index (χ3v) is 4.50. The highest BCUT2D eigenvalue weighted by Gasteiger charge is 2.42. The summed E-state index contributed by atoms with van der Waals surface area (Å²) in [5, 5.41) is 0. The van der Waals surface area contributed by atoms with E-state index in [-0.39, 0.29) is 5.97 Å². The second-order valence-corrected chi connectivity index (χ2v) is 6.20. The molecule has 0 amide bonds. The Hall–Kier alpha value is -3.07. The Kier molecular flexibility index (Phi) is 3.77. The van der Waals surface area contributed by atoms with E-state index >= 15 is 0 Å². The van der Waals surface area contributed by atoms with E-state index in [1.165, 1.54) is 6.92 Å². The quantitative estimate of drug-likeness (QED) is 0.524. The number of ether oxygens (including phenoxy) is 2. The molecule has 1 aliphatic rings. The van der Waals surface area contributed by atoms with Crippen molar-refractivity contribution in [1.29, 1.82) is 0 Å². The van der Waals surface area contributed by atoms with Crippen LogP contribution in [0.4, 0.5) is 0 Å². The fourth-order valence-corrected chi connectivity index (χ4v) is 3.42. The van der Waals surface area contributed by atoms with Crippen LogP contribution in [0, 0.1) is 0 Å². The summed E-state index contributed by atoms with van der Waals surface area (Å²) in [5.41, 5.74) is 2.67. The summed E-state index contributed by atoms with van der Waals surface area (Å²) < 4.78 is 11.7. The fraction of sp³-hybridized carbons (Fsp3) is 0.136. The molecule has 0 saturated carbocycles. The summed E-state index contributed by atoms with van der Waals surface area (Å²) in [7, 11) is 0. The van der Waals surface area contributed by atoms with Gasteiger partial charge in [0.25, 0.3) is 0 Å². The molecular formula is C22H18O3. The zero-order chi connectivity index (χ0) is 17.3. The minimum absolute atomic E-state index is 0.323. The molecule has 0 atom stereocenters. The minimum atomic E-state index is -0.570. The van der Waals surface area contributed by atoms with E-state index in [4.69, 9.17) is 9.47 Å². The molecule has 1 heterocycles. The summed E-state index contributed by atoms with van der Waals surface area (Å²) in [6.07, 6.45) is 0.686. The Morgan fingerprint density at radius 2 is 1.52 bits per heavy atom. The third kappa shape index (κ3) is 2.78. The second kappa shape index (κ2) is 6.10. The van der Waals surface area contributed by atoms with E-state index in [0.29, 0.717) is 12.2 Å². The lowest BCUT2D eigenvalue weighted by Crippen LogP contribution is -2.32. The lowest BCUT2D eigenvalue weighted by atomic mass is 9.83. The molecule has 25 heavy (non-hydrogen) atoms. The predicted octanol–water partition coefficient (Wildman–Crippen LogP) is 4.49. The van der Waals surface area contributed by atoms with E-state index < -0.39 is 5.60 Å². The molecule has 0 aliphatic carbocycles. The van der Waals surface area contributed by atoms with Crippen LogP contribution in [0.3, 0.4) is 0 Å². The largest absolute Gasteiger partial charge is 0.477 e. The van der Waals surface area contributed by atoms with Crippen LogP contribution in [-0.4, -0.2) is 5.97 Å². The number of hydrogen-bond acceptors (Lipinski definition) is 3. The maximum atomic E-state index is 11.2. The lowest BCUT2D eigenvalue weighted by Gasteiger charge is -2.30. The number of hydrogen-bond donors (Lipinski definition) is 0. The molecular weight excluding hydrogens is 312 g/mol. The standard InChI is InChI=1S/C22H18O3/c1-16(23)24-20-12-13-21-17(14-20)15-22(25-21,18-8-4-2-5-9-18)19-10-6-3-7-11-19/h2-14H,15H2,1H3. The predicted molar refractivity (Wildman–Crippen MR) is 95.7 cm³/mol. The summed E-state index contributed by atoms with van der Waals surface area (Å²) >= 11 is 0. The maximum Gasteiger partial charge on any atom is 0.308 e. The number of carbonyl (C=O) groups is 1. The zero-order valence-corrected chi connectivity index (χ0v) is 13.9. The molecule has 3 aromatic carbocycles. The van der Waals surface area contributed by atoms with E-state index in [1.807, 2.05) is 48.5 Å². The van der Waals surface area contributed by atoms with Crippen molar-refractivity contribution in [2.24, 2.45) is 0 Å². The van der Waals surface area contributed by atoms with E-state index in [1.54, 1.807) is 6.07 Å². The molecule has 3 heteroatoms. The minimum Gasteiger partial charge on any atom is -0.477 e. The van der Waals surface area contributed by atoms with Crippen LogP contribution in [0.25, 0.3) is 0 Å². The van der Waals surface area contributed by atoms with Crippen LogP contribution in [-0.2, 0) is 16.8 Å². The fourth-order valence-electron chi connectivity index (χ4n) is 3.42. The Bertz CT molecular complexity index is 862. The van der Waals surface area contributed by atoms with Gasteiger partial charge in [-0.25, -0.2) is 0 Å². The van der Waals surface area contributed by atoms with Crippen LogP contribution < -0.4 is 9.47 Å². The topological polar surface area (TPSA) is 35.5 Å². The molecule has 3 aromatic rings. The van der Waals surface area contributed by atoms with Crippen LogP contribution in [0.5, 0.6) is 11.5 Å². The van der Waals surface area contributed by atoms with Gasteiger partial charge in [-0.1, -0.05) is 60.7 Å². The Balaban J connectivity index is 1.80. The molecule has 0 spiro atoms. The SMILES string of the molecule is CC(=O)Oc1ccc2c(c1)CC(c1ccccc1)(c1ccccc1)O2. The molecule has 0 aromatic heterocycles. The van der Waals surface area contributed by atoms with Crippen molar-refractivity contribution >= 4 is 5.97 Å². The van der Waals surface area contributed by atoms with Gasteiger partial charge in [0.05, 0.1) is 0 Å². The van der Waals surface area contributed by atoms with Gasteiger partial charge >= 0.3 is 5.97 Å². The van der Waals surface area contributed by atoms with Gasteiger partial charge in [0.15, 0.2) is 5.60 Å². The molecule has 0 radical (unpaired) electrons. The average Bonchev–Trinajstić information content (AvgIpc) is 3.03. The molecule has 0 bridgehead atoms. The van der Waals surface area contributed by atoms with Gasteiger partial charge in [-0.3, -0.25) is 4.79 Å². The van der Waals surface area contributed by atoms with Gasteiger partial charge in [0.1, 0.15) is 11.5 Å². The van der Waals surface area contributed by atoms with Gasteiger partial charge in [-0.15, -0.1) is 0 Å². The molecule has 0 unspecified atom stereocenters. The van der Waals surface area contributed by atoms with Crippen molar-refractivity contribution < 1.29 is 14.3 Å². The summed E-state index contributed by atoms with van der Waals surface area (Å²) in [6.45, 7) is 1.40. The van der Waals surface area contributed by atoms with Gasteiger partial charge in [-0.05, 0) is 18.2 Å². The second-order valence-electron chi connectivity index (χ2n) is 6.20. The Morgan fingerprint density at radius 3 is 2.08 bits per heavy atom.